The number of benzene rings is 1. The van der Waals surface area contributed by atoms with Crippen LogP contribution in [0.25, 0.3) is 0 Å². The van der Waals surface area contributed by atoms with E-state index in [1.807, 2.05) is 18.2 Å². The number of likely N-dealkylation sites (tertiary alicyclic amines) is 1. The fourth-order valence-electron chi connectivity index (χ4n) is 3.13. The molecule has 1 heterocycles. The molecule has 0 unspecified atom stereocenters. The molecular formula is C19H30N2O2. The van der Waals surface area contributed by atoms with Gasteiger partial charge in [-0.25, -0.2) is 0 Å². The van der Waals surface area contributed by atoms with Crippen molar-refractivity contribution in [3.8, 4) is 5.75 Å². The summed E-state index contributed by atoms with van der Waals surface area (Å²) in [6.07, 6.45) is 8.93. The van der Waals surface area contributed by atoms with E-state index < -0.39 is 0 Å². The summed E-state index contributed by atoms with van der Waals surface area (Å²) in [6, 6.07) is 7.35. The van der Waals surface area contributed by atoms with Crippen LogP contribution in [0.2, 0.25) is 0 Å². The molecule has 0 atom stereocenters. The Morgan fingerprint density at radius 1 is 1.09 bits per heavy atom. The summed E-state index contributed by atoms with van der Waals surface area (Å²) < 4.78 is 5.22. The number of nitrogens with one attached hydrogen (secondary N) is 1. The van der Waals surface area contributed by atoms with E-state index in [1.165, 1.54) is 58.2 Å². The standard InChI is InChI=1S/C19H30N2O2/c1-23-18-12-6-5-11-17(18)19(22)20-13-7-4-10-16-21-14-8-2-3-9-15-21/h5-6,11-12H,2-4,7-10,13-16H2,1H3,(H,20,22). The van der Waals surface area contributed by atoms with E-state index in [0.29, 0.717) is 11.3 Å². The maximum absolute atomic E-state index is 12.1. The van der Waals surface area contributed by atoms with Crippen molar-refractivity contribution < 1.29 is 9.53 Å². The van der Waals surface area contributed by atoms with Gasteiger partial charge in [-0.2, -0.15) is 0 Å². The van der Waals surface area contributed by atoms with Crippen molar-refractivity contribution in [2.75, 3.05) is 33.3 Å². The number of amides is 1. The fraction of sp³-hybridized carbons (Fsp3) is 0.632. The van der Waals surface area contributed by atoms with Crippen LogP contribution in [0.3, 0.4) is 0 Å². The second-order valence-electron chi connectivity index (χ2n) is 6.27. The average molecular weight is 318 g/mol. The second-order valence-corrected chi connectivity index (χ2v) is 6.27. The summed E-state index contributed by atoms with van der Waals surface area (Å²) in [4.78, 5) is 14.7. The van der Waals surface area contributed by atoms with Gasteiger partial charge >= 0.3 is 0 Å². The van der Waals surface area contributed by atoms with Gasteiger partial charge in [0.15, 0.2) is 0 Å². The van der Waals surface area contributed by atoms with E-state index in [9.17, 15) is 4.79 Å². The van der Waals surface area contributed by atoms with Crippen LogP contribution in [0.1, 0.15) is 55.3 Å². The van der Waals surface area contributed by atoms with Crippen molar-refractivity contribution in [2.24, 2.45) is 0 Å². The molecule has 1 aromatic carbocycles. The lowest BCUT2D eigenvalue weighted by Gasteiger charge is -2.19. The minimum atomic E-state index is -0.0463. The molecule has 0 aromatic heterocycles. The van der Waals surface area contributed by atoms with Gasteiger partial charge in [0.2, 0.25) is 0 Å². The van der Waals surface area contributed by atoms with Gasteiger partial charge in [0.05, 0.1) is 12.7 Å². The largest absolute Gasteiger partial charge is 0.496 e. The Morgan fingerprint density at radius 2 is 1.83 bits per heavy atom. The highest BCUT2D eigenvalue weighted by atomic mass is 16.5. The van der Waals surface area contributed by atoms with Crippen LogP contribution < -0.4 is 10.1 Å². The third kappa shape index (κ3) is 6.22. The molecule has 1 saturated heterocycles. The van der Waals surface area contributed by atoms with Gasteiger partial charge in [-0.05, 0) is 57.5 Å². The maximum Gasteiger partial charge on any atom is 0.255 e. The highest BCUT2D eigenvalue weighted by molar-refractivity contribution is 5.96. The van der Waals surface area contributed by atoms with E-state index in [0.717, 1.165) is 13.0 Å². The molecule has 0 saturated carbocycles. The van der Waals surface area contributed by atoms with Crippen molar-refractivity contribution >= 4 is 5.91 Å². The first-order valence-electron chi connectivity index (χ1n) is 8.95. The number of carbonyl (C=O) groups is 1. The molecule has 4 nitrogen and oxygen atoms in total. The van der Waals surface area contributed by atoms with E-state index in [2.05, 4.69) is 10.2 Å². The van der Waals surface area contributed by atoms with Crippen LogP contribution in [0.15, 0.2) is 24.3 Å². The molecule has 2 rings (SSSR count). The van der Waals surface area contributed by atoms with Gasteiger partial charge in [0, 0.05) is 6.54 Å². The summed E-state index contributed by atoms with van der Waals surface area (Å²) in [5.41, 5.74) is 0.611. The average Bonchev–Trinajstić information content (AvgIpc) is 2.86. The Morgan fingerprint density at radius 3 is 2.57 bits per heavy atom. The number of hydrogen-bond acceptors (Lipinski definition) is 3. The Hall–Kier alpha value is -1.55. The molecule has 1 aliphatic heterocycles. The van der Waals surface area contributed by atoms with Crippen LogP contribution in [0.4, 0.5) is 0 Å². The first-order chi connectivity index (χ1) is 11.3. The van der Waals surface area contributed by atoms with E-state index in [4.69, 9.17) is 4.74 Å². The molecule has 1 N–H and O–H groups in total. The molecule has 23 heavy (non-hydrogen) atoms. The molecule has 128 valence electrons. The molecule has 0 radical (unpaired) electrons. The molecule has 0 spiro atoms. The lowest BCUT2D eigenvalue weighted by Crippen LogP contribution is -2.26. The lowest BCUT2D eigenvalue weighted by atomic mass is 10.1. The van der Waals surface area contributed by atoms with Crippen LogP contribution in [0.5, 0.6) is 5.75 Å². The van der Waals surface area contributed by atoms with Gasteiger partial charge in [-0.1, -0.05) is 31.4 Å². The Kier molecular flexibility index (Phi) is 7.95. The number of rotatable bonds is 8. The van der Waals surface area contributed by atoms with E-state index >= 15 is 0 Å². The van der Waals surface area contributed by atoms with E-state index in [1.54, 1.807) is 13.2 Å². The smallest absolute Gasteiger partial charge is 0.255 e. The van der Waals surface area contributed by atoms with Gasteiger partial charge in [-0.15, -0.1) is 0 Å². The number of hydrogen-bond donors (Lipinski definition) is 1. The van der Waals surface area contributed by atoms with Crippen molar-refractivity contribution in [1.82, 2.24) is 10.2 Å². The minimum Gasteiger partial charge on any atom is -0.496 e. The number of carbonyl (C=O) groups excluding carboxylic acids is 1. The summed E-state index contributed by atoms with van der Waals surface area (Å²) in [6.45, 7) is 4.48. The Bertz CT molecular complexity index is 468. The molecular weight excluding hydrogens is 288 g/mol. The van der Waals surface area contributed by atoms with Crippen molar-refractivity contribution in [1.29, 1.82) is 0 Å². The Balaban J connectivity index is 1.59. The molecule has 1 fully saturated rings. The monoisotopic (exact) mass is 318 g/mol. The van der Waals surface area contributed by atoms with Gasteiger partial charge in [-0.3, -0.25) is 4.79 Å². The zero-order chi connectivity index (χ0) is 16.3. The fourth-order valence-corrected chi connectivity index (χ4v) is 3.13. The number of ether oxygens (including phenoxy) is 1. The third-order valence-corrected chi connectivity index (χ3v) is 4.49. The SMILES string of the molecule is COc1ccccc1C(=O)NCCCCCN1CCCCCC1. The van der Waals surface area contributed by atoms with Crippen molar-refractivity contribution in [2.45, 2.75) is 44.9 Å². The molecule has 1 amide bonds. The first kappa shape index (κ1) is 17.8. The van der Waals surface area contributed by atoms with Gasteiger partial charge in [0.25, 0.3) is 5.91 Å². The lowest BCUT2D eigenvalue weighted by molar-refractivity contribution is 0.0950. The summed E-state index contributed by atoms with van der Waals surface area (Å²) >= 11 is 0. The normalized spacial score (nSPS) is 15.9. The highest BCUT2D eigenvalue weighted by Crippen LogP contribution is 2.16. The van der Waals surface area contributed by atoms with Crippen LogP contribution >= 0.6 is 0 Å². The first-order valence-corrected chi connectivity index (χ1v) is 8.95. The summed E-state index contributed by atoms with van der Waals surface area (Å²) in [5, 5.41) is 2.99. The quantitative estimate of drug-likeness (QED) is 0.746. The number of nitrogens with zero attached hydrogens (tertiary/aromatic N) is 1. The highest BCUT2D eigenvalue weighted by Gasteiger charge is 2.11. The number of methoxy groups -OCH3 is 1. The van der Waals surface area contributed by atoms with Crippen molar-refractivity contribution in [3.63, 3.8) is 0 Å². The summed E-state index contributed by atoms with van der Waals surface area (Å²) in [5.74, 6) is 0.584. The molecule has 1 aromatic rings. The maximum atomic E-state index is 12.1. The summed E-state index contributed by atoms with van der Waals surface area (Å²) in [7, 11) is 1.59. The third-order valence-electron chi connectivity index (χ3n) is 4.49. The zero-order valence-electron chi connectivity index (χ0n) is 14.4. The molecule has 0 bridgehead atoms. The number of para-hydroxylation sites is 1. The van der Waals surface area contributed by atoms with E-state index in [-0.39, 0.29) is 5.91 Å². The van der Waals surface area contributed by atoms with Crippen molar-refractivity contribution in [3.05, 3.63) is 29.8 Å². The predicted octanol–water partition coefficient (Wildman–Crippen LogP) is 3.47. The molecule has 4 heteroatoms. The Labute approximate surface area is 140 Å². The zero-order valence-corrected chi connectivity index (χ0v) is 14.4. The number of unbranched alkanes of at least 4 members (excludes halogenated alkanes) is 2. The topological polar surface area (TPSA) is 41.6 Å². The van der Waals surface area contributed by atoms with Crippen LogP contribution in [-0.2, 0) is 0 Å². The van der Waals surface area contributed by atoms with Crippen LogP contribution in [-0.4, -0.2) is 44.1 Å². The van der Waals surface area contributed by atoms with Gasteiger partial charge in [0.1, 0.15) is 5.75 Å². The second kappa shape index (κ2) is 10.3. The molecule has 1 aliphatic rings. The van der Waals surface area contributed by atoms with Gasteiger partial charge < -0.3 is 15.0 Å². The van der Waals surface area contributed by atoms with Crippen LogP contribution in [0, 0.1) is 0 Å². The predicted molar refractivity (Wildman–Crippen MR) is 94.1 cm³/mol. The molecule has 0 aliphatic carbocycles. The minimum absolute atomic E-state index is 0.0463.